The first kappa shape index (κ1) is 13.9. The van der Waals surface area contributed by atoms with Crippen LogP contribution in [0, 0.1) is 0 Å². The van der Waals surface area contributed by atoms with E-state index in [1.165, 1.54) is 11.1 Å². The number of nitrogens with zero attached hydrogens (tertiary/aromatic N) is 1. The van der Waals surface area contributed by atoms with Gasteiger partial charge in [-0.25, -0.2) is 0 Å². The van der Waals surface area contributed by atoms with Crippen LogP contribution in [0.15, 0.2) is 48.6 Å². The number of hydrogen-bond donors (Lipinski definition) is 0. The molecule has 0 fully saturated rings. The molecule has 15 heavy (non-hydrogen) atoms. The molecule has 1 heteroatoms. The maximum atomic E-state index is 3.80. The van der Waals surface area contributed by atoms with E-state index in [2.05, 4.69) is 31.2 Å². The molecule has 1 aliphatic heterocycles. The maximum absolute atomic E-state index is 3.80. The predicted molar refractivity (Wildman–Crippen MR) is 70.0 cm³/mol. The smallest absolute Gasteiger partial charge is 0.0166 e. The fraction of sp³-hybridized carbons (Fsp3) is 0.429. The molecule has 0 bridgehead atoms. The van der Waals surface area contributed by atoms with Gasteiger partial charge in [0.15, 0.2) is 0 Å². The zero-order valence-corrected chi connectivity index (χ0v) is 10.3. The van der Waals surface area contributed by atoms with E-state index >= 15 is 0 Å². The molecule has 0 amide bonds. The van der Waals surface area contributed by atoms with E-state index in [-0.39, 0.29) is 0 Å². The zero-order valence-electron chi connectivity index (χ0n) is 10.3. The van der Waals surface area contributed by atoms with Crippen LogP contribution in [-0.2, 0) is 0 Å². The Balaban J connectivity index is 0.000000921. The molecule has 1 heterocycles. The minimum absolute atomic E-state index is 1.04. The predicted octanol–water partition coefficient (Wildman–Crippen LogP) is 3.57. The lowest BCUT2D eigenvalue weighted by Gasteiger charge is -2.22. The van der Waals surface area contributed by atoms with Crippen LogP contribution in [0.2, 0.25) is 0 Å². The molecule has 0 saturated carbocycles. The first-order valence-corrected chi connectivity index (χ1v) is 5.61. The minimum Gasteiger partial charge on any atom is -0.302 e. The number of rotatable bonds is 3. The van der Waals surface area contributed by atoms with Crippen LogP contribution >= 0.6 is 0 Å². The summed E-state index contributed by atoms with van der Waals surface area (Å²) in [6.45, 7) is 13.7. The average Bonchev–Trinajstić information content (AvgIpc) is 2.30. The Morgan fingerprint density at radius 3 is 2.47 bits per heavy atom. The zero-order chi connectivity index (χ0) is 11.7. The molecule has 0 aliphatic carbocycles. The van der Waals surface area contributed by atoms with Crippen molar-refractivity contribution >= 4 is 0 Å². The lowest BCUT2D eigenvalue weighted by Crippen LogP contribution is -2.24. The molecule has 1 nitrogen and oxygen atoms in total. The van der Waals surface area contributed by atoms with E-state index in [4.69, 9.17) is 0 Å². The van der Waals surface area contributed by atoms with Gasteiger partial charge in [-0.2, -0.15) is 0 Å². The van der Waals surface area contributed by atoms with Crippen LogP contribution in [0.25, 0.3) is 0 Å². The van der Waals surface area contributed by atoms with Crippen LogP contribution in [0.5, 0.6) is 0 Å². The Hall–Kier alpha value is -1.08. The van der Waals surface area contributed by atoms with E-state index in [1.54, 1.807) is 0 Å². The lowest BCUT2D eigenvalue weighted by atomic mass is 9.99. The standard InChI is InChI=1S/C12H17N.C2H6/c1-4-6-11(5-2)12-7-9-13(3)10-8-12;1-2/h4-7H,1-2,8-10H2,3H3;1-2H3/b11-6+;. The van der Waals surface area contributed by atoms with Crippen LogP contribution in [-0.4, -0.2) is 25.0 Å². The van der Waals surface area contributed by atoms with Crippen molar-refractivity contribution in [2.75, 3.05) is 20.1 Å². The van der Waals surface area contributed by atoms with Gasteiger partial charge in [0.05, 0.1) is 0 Å². The summed E-state index contributed by atoms with van der Waals surface area (Å²) < 4.78 is 0. The highest BCUT2D eigenvalue weighted by Gasteiger charge is 2.08. The van der Waals surface area contributed by atoms with E-state index < -0.39 is 0 Å². The van der Waals surface area contributed by atoms with Gasteiger partial charge >= 0.3 is 0 Å². The lowest BCUT2D eigenvalue weighted by molar-refractivity contribution is 0.361. The molecule has 0 atom stereocenters. The van der Waals surface area contributed by atoms with Crippen molar-refractivity contribution in [3.05, 3.63) is 48.6 Å². The highest BCUT2D eigenvalue weighted by molar-refractivity contribution is 5.41. The van der Waals surface area contributed by atoms with Crippen LogP contribution in [0.3, 0.4) is 0 Å². The summed E-state index contributed by atoms with van der Waals surface area (Å²) in [7, 11) is 2.14. The topological polar surface area (TPSA) is 3.24 Å². The third-order valence-corrected chi connectivity index (χ3v) is 2.30. The molecule has 0 aromatic heterocycles. The van der Waals surface area contributed by atoms with Crippen molar-refractivity contribution in [3.8, 4) is 0 Å². The second-order valence-corrected chi connectivity index (χ2v) is 3.30. The van der Waals surface area contributed by atoms with Gasteiger partial charge < -0.3 is 4.90 Å². The highest BCUT2D eigenvalue weighted by Crippen LogP contribution is 2.18. The monoisotopic (exact) mass is 205 g/mol. The Morgan fingerprint density at radius 2 is 2.07 bits per heavy atom. The van der Waals surface area contributed by atoms with Gasteiger partial charge in [0, 0.05) is 13.1 Å². The summed E-state index contributed by atoms with van der Waals surface area (Å²) in [4.78, 5) is 2.30. The van der Waals surface area contributed by atoms with Crippen LogP contribution in [0.1, 0.15) is 20.3 Å². The second kappa shape index (κ2) is 8.25. The number of hydrogen-bond acceptors (Lipinski definition) is 1. The van der Waals surface area contributed by atoms with Crippen molar-refractivity contribution in [2.24, 2.45) is 0 Å². The fourth-order valence-corrected chi connectivity index (χ4v) is 1.47. The van der Waals surface area contributed by atoms with Crippen molar-refractivity contribution in [2.45, 2.75) is 20.3 Å². The Kier molecular flexibility index (Phi) is 7.65. The van der Waals surface area contributed by atoms with E-state index in [9.17, 15) is 0 Å². The molecule has 0 spiro atoms. The summed E-state index contributed by atoms with van der Waals surface area (Å²) in [5.74, 6) is 0. The molecule has 1 aliphatic rings. The largest absolute Gasteiger partial charge is 0.302 e. The minimum atomic E-state index is 1.04. The van der Waals surface area contributed by atoms with Crippen molar-refractivity contribution in [3.63, 3.8) is 0 Å². The molecule has 0 aromatic rings. The molecule has 84 valence electrons. The summed E-state index contributed by atoms with van der Waals surface area (Å²) in [5, 5.41) is 0. The quantitative estimate of drug-likeness (QED) is 0.637. The van der Waals surface area contributed by atoms with Crippen molar-refractivity contribution in [1.82, 2.24) is 4.90 Å². The summed E-state index contributed by atoms with van der Waals surface area (Å²) in [5.41, 5.74) is 2.61. The fourth-order valence-electron chi connectivity index (χ4n) is 1.47. The summed E-state index contributed by atoms with van der Waals surface area (Å²) in [6, 6.07) is 0. The van der Waals surface area contributed by atoms with Crippen LogP contribution < -0.4 is 0 Å². The average molecular weight is 205 g/mol. The summed E-state index contributed by atoms with van der Waals surface area (Å²) in [6.07, 6.45) is 9.11. The van der Waals surface area contributed by atoms with E-state index in [0.717, 1.165) is 19.5 Å². The third kappa shape index (κ3) is 4.80. The Bertz CT molecular complexity index is 259. The molecule has 0 unspecified atom stereocenters. The van der Waals surface area contributed by atoms with Gasteiger partial charge in [0.1, 0.15) is 0 Å². The van der Waals surface area contributed by atoms with Gasteiger partial charge in [-0.15, -0.1) is 0 Å². The highest BCUT2D eigenvalue weighted by atomic mass is 15.1. The third-order valence-electron chi connectivity index (χ3n) is 2.30. The van der Waals surface area contributed by atoms with Crippen LogP contribution in [0.4, 0.5) is 0 Å². The van der Waals surface area contributed by atoms with Gasteiger partial charge in [-0.1, -0.05) is 51.3 Å². The van der Waals surface area contributed by atoms with Crippen molar-refractivity contribution < 1.29 is 0 Å². The first-order chi connectivity index (χ1) is 7.27. The van der Waals surface area contributed by atoms with Gasteiger partial charge in [-0.05, 0) is 24.6 Å². The second-order valence-electron chi connectivity index (χ2n) is 3.30. The van der Waals surface area contributed by atoms with Gasteiger partial charge in [-0.3, -0.25) is 0 Å². The summed E-state index contributed by atoms with van der Waals surface area (Å²) >= 11 is 0. The Morgan fingerprint density at radius 1 is 1.40 bits per heavy atom. The molecule has 0 N–H and O–H groups in total. The normalized spacial score (nSPS) is 17.3. The van der Waals surface area contributed by atoms with E-state index in [0.29, 0.717) is 0 Å². The number of likely N-dealkylation sites (N-methyl/N-ethyl adjacent to an activating group) is 1. The molecular formula is C14H23N. The SMILES string of the molecule is C=C/C=C(\C=C)C1=CCN(C)CC1.CC. The molecule has 0 saturated heterocycles. The molecular weight excluding hydrogens is 182 g/mol. The van der Waals surface area contributed by atoms with Gasteiger partial charge in [0.2, 0.25) is 0 Å². The maximum Gasteiger partial charge on any atom is 0.0166 e. The molecule has 0 radical (unpaired) electrons. The van der Waals surface area contributed by atoms with Gasteiger partial charge in [0.25, 0.3) is 0 Å². The molecule has 0 aromatic carbocycles. The van der Waals surface area contributed by atoms with E-state index in [1.807, 2.05) is 32.1 Å². The number of allylic oxidation sites excluding steroid dienone is 4. The first-order valence-electron chi connectivity index (χ1n) is 5.61. The van der Waals surface area contributed by atoms with Crippen molar-refractivity contribution in [1.29, 1.82) is 0 Å². The molecule has 1 rings (SSSR count). The Labute approximate surface area is 94.5 Å².